The summed E-state index contributed by atoms with van der Waals surface area (Å²) in [6.45, 7) is 2.01. The molecular formula is C9H12NU-. The van der Waals surface area contributed by atoms with Gasteiger partial charge in [-0.15, -0.1) is 0 Å². The zero-order valence-corrected chi connectivity index (χ0v) is 10.8. The monoisotopic (exact) mass is 372 g/mol. The van der Waals surface area contributed by atoms with Gasteiger partial charge in [-0.2, -0.15) is 35.9 Å². The molecule has 0 amide bonds. The van der Waals surface area contributed by atoms with Crippen LogP contribution in [0.5, 0.6) is 0 Å². The van der Waals surface area contributed by atoms with Crippen molar-refractivity contribution in [3.05, 3.63) is 35.9 Å². The molecule has 0 saturated carbocycles. The molecule has 1 aromatic rings. The van der Waals surface area contributed by atoms with Crippen molar-refractivity contribution < 1.29 is 31.1 Å². The third-order valence-electron chi connectivity index (χ3n) is 1.34. The molecule has 0 spiro atoms. The predicted octanol–water partition coefficient (Wildman–Crippen LogP) is 1.38. The SMILES string of the molecule is C[C@@H](N)Cc1cc[c-]cc1.[U]. The molecule has 0 aromatic heterocycles. The Hall–Kier alpha value is 0.232. The third kappa shape index (κ3) is 4.63. The molecule has 0 aliphatic heterocycles. The predicted molar refractivity (Wildman–Crippen MR) is 42.6 cm³/mol. The molecule has 0 unspecified atom stereocenters. The summed E-state index contributed by atoms with van der Waals surface area (Å²) < 4.78 is 0. The molecule has 0 saturated heterocycles. The molecule has 1 rings (SSSR count). The van der Waals surface area contributed by atoms with Crippen LogP contribution in [0, 0.1) is 37.2 Å². The fourth-order valence-corrected chi connectivity index (χ4v) is 0.929. The summed E-state index contributed by atoms with van der Waals surface area (Å²) in [5.41, 5.74) is 6.90. The van der Waals surface area contributed by atoms with E-state index in [-0.39, 0.29) is 37.2 Å². The van der Waals surface area contributed by atoms with Crippen LogP contribution in [0.25, 0.3) is 0 Å². The maximum Gasteiger partial charge on any atom is 0.00309 e. The van der Waals surface area contributed by atoms with Crippen LogP contribution in [0.2, 0.25) is 0 Å². The Morgan fingerprint density at radius 3 is 2.45 bits per heavy atom. The molecule has 0 bridgehead atoms. The minimum absolute atomic E-state index is 0. The number of benzene rings is 1. The summed E-state index contributed by atoms with van der Waals surface area (Å²) in [4.78, 5) is 0. The molecule has 58 valence electrons. The quantitative estimate of drug-likeness (QED) is 0.780. The third-order valence-corrected chi connectivity index (χ3v) is 1.34. The zero-order valence-electron chi connectivity index (χ0n) is 6.67. The summed E-state index contributed by atoms with van der Waals surface area (Å²) in [5, 5.41) is 0. The van der Waals surface area contributed by atoms with Gasteiger partial charge in [0.15, 0.2) is 0 Å². The van der Waals surface area contributed by atoms with E-state index in [9.17, 15) is 0 Å². The van der Waals surface area contributed by atoms with E-state index in [2.05, 4.69) is 6.07 Å². The van der Waals surface area contributed by atoms with Crippen molar-refractivity contribution in [2.24, 2.45) is 5.73 Å². The standard InChI is InChI=1S/C9H12N.U/c1-8(10)7-9-5-3-2-4-6-9;/h3-6,8H,7,10H2,1H3;/q-1;/t8-;/m1./s1. The van der Waals surface area contributed by atoms with Crippen molar-refractivity contribution in [3.63, 3.8) is 0 Å². The van der Waals surface area contributed by atoms with Crippen molar-refractivity contribution in [2.75, 3.05) is 0 Å². The fourth-order valence-electron chi connectivity index (χ4n) is 0.929. The second kappa shape index (κ2) is 5.83. The molecule has 11 heavy (non-hydrogen) atoms. The van der Waals surface area contributed by atoms with Crippen LogP contribution in [0.15, 0.2) is 24.3 Å². The summed E-state index contributed by atoms with van der Waals surface area (Å²) in [6.07, 6.45) is 0.953. The second-order valence-corrected chi connectivity index (χ2v) is 2.59. The summed E-state index contributed by atoms with van der Waals surface area (Å²) in [5.74, 6) is 0. The summed E-state index contributed by atoms with van der Waals surface area (Å²) in [6, 6.07) is 11.1. The maximum atomic E-state index is 5.61. The van der Waals surface area contributed by atoms with E-state index >= 15 is 0 Å². The van der Waals surface area contributed by atoms with Gasteiger partial charge in [-0.25, -0.2) is 0 Å². The molecule has 1 aromatic carbocycles. The van der Waals surface area contributed by atoms with Gasteiger partial charge in [0.05, 0.1) is 0 Å². The van der Waals surface area contributed by atoms with E-state index in [1.165, 1.54) is 5.56 Å². The van der Waals surface area contributed by atoms with Crippen LogP contribution in [0.3, 0.4) is 0 Å². The first-order valence-electron chi connectivity index (χ1n) is 3.49. The first-order chi connectivity index (χ1) is 4.79. The van der Waals surface area contributed by atoms with Gasteiger partial charge in [-0.05, 0) is 13.3 Å². The molecule has 0 aliphatic carbocycles. The molecule has 1 nitrogen and oxygen atoms in total. The molecule has 2 heteroatoms. The number of nitrogens with two attached hydrogens (primary N) is 1. The second-order valence-electron chi connectivity index (χ2n) is 2.59. The maximum absolute atomic E-state index is 5.61. The molecule has 0 fully saturated rings. The van der Waals surface area contributed by atoms with Crippen LogP contribution in [0.4, 0.5) is 0 Å². The Bertz CT molecular complexity index is 184. The zero-order chi connectivity index (χ0) is 7.40. The molecule has 2 N–H and O–H groups in total. The van der Waals surface area contributed by atoms with Gasteiger partial charge in [0.25, 0.3) is 0 Å². The summed E-state index contributed by atoms with van der Waals surface area (Å²) >= 11 is 0. The van der Waals surface area contributed by atoms with Crippen molar-refractivity contribution >= 4 is 0 Å². The normalized spacial score (nSPS) is 11.8. The van der Waals surface area contributed by atoms with Gasteiger partial charge >= 0.3 is 0 Å². The Morgan fingerprint density at radius 2 is 2.00 bits per heavy atom. The van der Waals surface area contributed by atoms with E-state index in [1.807, 2.05) is 31.2 Å². The van der Waals surface area contributed by atoms with Gasteiger partial charge in [-0.3, -0.25) is 0 Å². The van der Waals surface area contributed by atoms with E-state index in [0.717, 1.165) is 6.42 Å². The van der Waals surface area contributed by atoms with Crippen LogP contribution >= 0.6 is 0 Å². The number of rotatable bonds is 2. The van der Waals surface area contributed by atoms with E-state index < -0.39 is 0 Å². The van der Waals surface area contributed by atoms with Gasteiger partial charge in [-0.1, -0.05) is 0 Å². The van der Waals surface area contributed by atoms with Gasteiger partial charge in [0.1, 0.15) is 0 Å². The average Bonchev–Trinajstić information content (AvgIpc) is 1.88. The first kappa shape index (κ1) is 11.2. The average molecular weight is 372 g/mol. The van der Waals surface area contributed by atoms with Crippen LogP contribution in [-0.4, -0.2) is 6.04 Å². The van der Waals surface area contributed by atoms with E-state index in [1.54, 1.807) is 0 Å². The van der Waals surface area contributed by atoms with E-state index in [4.69, 9.17) is 5.73 Å². The fraction of sp³-hybridized carbons (Fsp3) is 0.333. The Kier molecular flexibility index (Phi) is 5.95. The largest absolute Gasteiger partial charge is 0.328 e. The van der Waals surface area contributed by atoms with Crippen molar-refractivity contribution in [1.82, 2.24) is 0 Å². The summed E-state index contributed by atoms with van der Waals surface area (Å²) in [7, 11) is 0. The van der Waals surface area contributed by atoms with Gasteiger partial charge in [0, 0.05) is 37.2 Å². The topological polar surface area (TPSA) is 26.0 Å². The minimum Gasteiger partial charge on any atom is -0.328 e. The van der Waals surface area contributed by atoms with Gasteiger partial charge < -0.3 is 5.73 Å². The van der Waals surface area contributed by atoms with Crippen LogP contribution in [-0.2, 0) is 6.42 Å². The van der Waals surface area contributed by atoms with Crippen molar-refractivity contribution in [2.45, 2.75) is 19.4 Å². The van der Waals surface area contributed by atoms with Crippen molar-refractivity contribution in [3.8, 4) is 0 Å². The molecular weight excluding hydrogens is 360 g/mol. The van der Waals surface area contributed by atoms with Gasteiger partial charge in [0.2, 0.25) is 0 Å². The smallest absolute Gasteiger partial charge is 0.00309 e. The minimum atomic E-state index is 0. The number of hydrogen-bond acceptors (Lipinski definition) is 1. The van der Waals surface area contributed by atoms with E-state index in [0.29, 0.717) is 0 Å². The Labute approximate surface area is 91.7 Å². The first-order valence-corrected chi connectivity index (χ1v) is 3.49. The van der Waals surface area contributed by atoms with Crippen LogP contribution < -0.4 is 5.73 Å². The number of hydrogen-bond donors (Lipinski definition) is 1. The van der Waals surface area contributed by atoms with Crippen molar-refractivity contribution in [1.29, 1.82) is 0 Å². The molecule has 0 radical (unpaired) electrons. The molecule has 0 heterocycles. The molecule has 0 aliphatic rings. The Balaban J connectivity index is 0.000001000. The molecule has 1 atom stereocenters. The van der Waals surface area contributed by atoms with Crippen LogP contribution in [0.1, 0.15) is 12.5 Å². The Morgan fingerprint density at radius 1 is 1.45 bits per heavy atom.